The van der Waals surface area contributed by atoms with E-state index in [4.69, 9.17) is 0 Å². The van der Waals surface area contributed by atoms with Gasteiger partial charge in [0.05, 0.1) is 0 Å². The predicted molar refractivity (Wildman–Crippen MR) is 79.7 cm³/mol. The second-order valence-electron chi connectivity index (χ2n) is 6.48. The summed E-state index contributed by atoms with van der Waals surface area (Å²) in [5.74, 6) is 0.405. The largest absolute Gasteiger partial charge is 0.508 e. The molecule has 0 saturated carbocycles. The highest BCUT2D eigenvalue weighted by Crippen LogP contribution is 2.33. The number of carbonyl (C=O) groups is 1. The van der Waals surface area contributed by atoms with Gasteiger partial charge in [0.1, 0.15) is 5.75 Å². The van der Waals surface area contributed by atoms with Crippen LogP contribution < -0.4 is 10.6 Å². The molecule has 1 aliphatic rings. The maximum Gasteiger partial charge on any atom is 0.221 e. The van der Waals surface area contributed by atoms with E-state index in [-0.39, 0.29) is 11.4 Å². The quantitative estimate of drug-likeness (QED) is 0.790. The van der Waals surface area contributed by atoms with Crippen molar-refractivity contribution < 1.29 is 9.90 Å². The van der Waals surface area contributed by atoms with E-state index < -0.39 is 0 Å². The lowest BCUT2D eigenvalue weighted by atomic mass is 10.1. The minimum Gasteiger partial charge on any atom is -0.508 e. The van der Waals surface area contributed by atoms with Crippen LogP contribution >= 0.6 is 0 Å². The monoisotopic (exact) mass is 276 g/mol. The first-order valence-corrected chi connectivity index (χ1v) is 7.21. The number of hydrogen-bond acceptors (Lipinski definition) is 3. The summed E-state index contributed by atoms with van der Waals surface area (Å²) in [5.41, 5.74) is 2.29. The zero-order chi connectivity index (χ0) is 14.8. The molecule has 0 radical (unpaired) electrons. The highest BCUT2D eigenvalue weighted by molar-refractivity contribution is 5.76. The van der Waals surface area contributed by atoms with Crippen LogP contribution in [-0.4, -0.2) is 23.1 Å². The van der Waals surface area contributed by atoms with Gasteiger partial charge in [-0.05, 0) is 56.9 Å². The third-order valence-electron chi connectivity index (χ3n) is 3.46. The number of fused-ring (bicyclic) bond motifs is 1. The van der Waals surface area contributed by atoms with Gasteiger partial charge in [0.25, 0.3) is 0 Å². The number of nitrogens with one attached hydrogen (secondary N) is 2. The Bertz CT molecular complexity index is 492. The first-order chi connectivity index (χ1) is 9.35. The number of rotatable bonds is 4. The van der Waals surface area contributed by atoms with Gasteiger partial charge >= 0.3 is 0 Å². The van der Waals surface area contributed by atoms with Crippen molar-refractivity contribution in [2.24, 2.45) is 0 Å². The summed E-state index contributed by atoms with van der Waals surface area (Å²) in [6.45, 7) is 6.63. The molecule has 1 atom stereocenters. The van der Waals surface area contributed by atoms with Gasteiger partial charge in [-0.2, -0.15) is 0 Å². The minimum atomic E-state index is -0.172. The van der Waals surface area contributed by atoms with Gasteiger partial charge in [0.15, 0.2) is 0 Å². The number of aromatic hydroxyl groups is 1. The molecule has 0 saturated heterocycles. The van der Waals surface area contributed by atoms with Gasteiger partial charge in [-0.3, -0.25) is 4.79 Å². The Hall–Kier alpha value is -1.55. The van der Waals surface area contributed by atoms with Crippen molar-refractivity contribution >= 4 is 5.91 Å². The van der Waals surface area contributed by atoms with Crippen molar-refractivity contribution in [3.05, 3.63) is 29.3 Å². The summed E-state index contributed by atoms with van der Waals surface area (Å²) in [7, 11) is 0. The van der Waals surface area contributed by atoms with Gasteiger partial charge in [-0.1, -0.05) is 6.07 Å². The van der Waals surface area contributed by atoms with Crippen molar-refractivity contribution in [2.75, 3.05) is 6.54 Å². The lowest BCUT2D eigenvalue weighted by Gasteiger charge is -2.21. The molecule has 1 unspecified atom stereocenters. The molecule has 0 aromatic heterocycles. The summed E-state index contributed by atoms with van der Waals surface area (Å²) in [6, 6.07) is 5.84. The molecular formula is C16H24N2O2. The molecule has 1 aromatic rings. The number of phenols is 1. The molecule has 0 aliphatic heterocycles. The van der Waals surface area contributed by atoms with E-state index in [0.29, 0.717) is 24.8 Å². The predicted octanol–water partition coefficient (Wildman–Crippen LogP) is 2.27. The third kappa shape index (κ3) is 3.97. The Morgan fingerprint density at radius 1 is 1.40 bits per heavy atom. The number of carbonyl (C=O) groups excluding carboxylic acids is 1. The van der Waals surface area contributed by atoms with E-state index >= 15 is 0 Å². The van der Waals surface area contributed by atoms with E-state index in [2.05, 4.69) is 10.6 Å². The SMILES string of the molecule is CC(C)(C)NC(=O)CCNC1CCc2cc(O)ccc21. The maximum atomic E-state index is 11.7. The smallest absolute Gasteiger partial charge is 0.221 e. The Balaban J connectivity index is 1.81. The minimum absolute atomic E-state index is 0.0777. The maximum absolute atomic E-state index is 11.7. The zero-order valence-electron chi connectivity index (χ0n) is 12.5. The van der Waals surface area contributed by atoms with Crippen LogP contribution in [0.1, 0.15) is 50.8 Å². The molecule has 4 nitrogen and oxygen atoms in total. The Morgan fingerprint density at radius 2 is 2.15 bits per heavy atom. The van der Waals surface area contributed by atoms with E-state index in [1.807, 2.05) is 32.9 Å². The number of hydrogen-bond donors (Lipinski definition) is 3. The fraction of sp³-hybridized carbons (Fsp3) is 0.562. The summed E-state index contributed by atoms with van der Waals surface area (Å²) in [5, 5.41) is 15.9. The van der Waals surface area contributed by atoms with Crippen molar-refractivity contribution in [1.82, 2.24) is 10.6 Å². The molecule has 1 amide bonds. The first kappa shape index (κ1) is 14.9. The van der Waals surface area contributed by atoms with Gasteiger partial charge in [-0.15, -0.1) is 0 Å². The first-order valence-electron chi connectivity index (χ1n) is 7.21. The number of phenolic OH excluding ortho intramolecular Hbond substituents is 1. The van der Waals surface area contributed by atoms with Crippen LogP contribution in [0.2, 0.25) is 0 Å². The fourth-order valence-corrected chi connectivity index (χ4v) is 2.66. The van der Waals surface area contributed by atoms with Gasteiger partial charge in [0.2, 0.25) is 5.91 Å². The van der Waals surface area contributed by atoms with Crippen molar-refractivity contribution in [3.8, 4) is 5.75 Å². The van der Waals surface area contributed by atoms with E-state index in [1.54, 1.807) is 6.07 Å². The topological polar surface area (TPSA) is 61.4 Å². The second kappa shape index (κ2) is 5.83. The Kier molecular flexibility index (Phi) is 4.33. The molecule has 0 spiro atoms. The summed E-state index contributed by atoms with van der Waals surface area (Å²) in [6.07, 6.45) is 2.50. The molecular weight excluding hydrogens is 252 g/mol. The molecule has 0 heterocycles. The molecule has 20 heavy (non-hydrogen) atoms. The molecule has 0 fully saturated rings. The lowest BCUT2D eigenvalue weighted by molar-refractivity contribution is -0.122. The molecule has 2 rings (SSSR count). The van der Waals surface area contributed by atoms with E-state index in [9.17, 15) is 9.90 Å². The molecule has 1 aromatic carbocycles. The standard InChI is InChI=1S/C16H24N2O2/c1-16(2,3)18-15(20)8-9-17-14-7-4-11-10-12(19)5-6-13(11)14/h5-6,10,14,17,19H,4,7-9H2,1-3H3,(H,18,20). The second-order valence-corrected chi connectivity index (χ2v) is 6.48. The number of amides is 1. The third-order valence-corrected chi connectivity index (χ3v) is 3.46. The van der Waals surface area contributed by atoms with E-state index in [1.165, 1.54) is 11.1 Å². The molecule has 110 valence electrons. The van der Waals surface area contributed by atoms with Crippen molar-refractivity contribution in [2.45, 2.75) is 51.6 Å². The average molecular weight is 276 g/mol. The van der Waals surface area contributed by atoms with Crippen LogP contribution in [0.25, 0.3) is 0 Å². The van der Waals surface area contributed by atoms with Crippen LogP contribution in [0.5, 0.6) is 5.75 Å². The lowest BCUT2D eigenvalue weighted by Crippen LogP contribution is -2.41. The van der Waals surface area contributed by atoms with Crippen LogP contribution in [0.15, 0.2) is 18.2 Å². The highest BCUT2D eigenvalue weighted by atomic mass is 16.3. The number of aryl methyl sites for hydroxylation is 1. The highest BCUT2D eigenvalue weighted by Gasteiger charge is 2.22. The van der Waals surface area contributed by atoms with Crippen molar-refractivity contribution in [3.63, 3.8) is 0 Å². The van der Waals surface area contributed by atoms with Gasteiger partial charge in [0, 0.05) is 24.5 Å². The number of benzene rings is 1. The van der Waals surface area contributed by atoms with Gasteiger partial charge in [-0.25, -0.2) is 0 Å². The van der Waals surface area contributed by atoms with Crippen LogP contribution in [0.4, 0.5) is 0 Å². The zero-order valence-corrected chi connectivity index (χ0v) is 12.5. The van der Waals surface area contributed by atoms with Gasteiger partial charge < -0.3 is 15.7 Å². The van der Waals surface area contributed by atoms with Crippen LogP contribution in [0, 0.1) is 0 Å². The molecule has 3 N–H and O–H groups in total. The fourth-order valence-electron chi connectivity index (χ4n) is 2.66. The molecule has 1 aliphatic carbocycles. The normalized spacial score (nSPS) is 17.9. The van der Waals surface area contributed by atoms with Crippen LogP contribution in [-0.2, 0) is 11.2 Å². The summed E-state index contributed by atoms with van der Waals surface area (Å²) >= 11 is 0. The summed E-state index contributed by atoms with van der Waals surface area (Å²) < 4.78 is 0. The Labute approximate surface area is 120 Å². The molecule has 0 bridgehead atoms. The van der Waals surface area contributed by atoms with E-state index in [0.717, 1.165) is 12.8 Å². The van der Waals surface area contributed by atoms with Crippen molar-refractivity contribution in [1.29, 1.82) is 0 Å². The Morgan fingerprint density at radius 3 is 2.85 bits per heavy atom. The molecule has 4 heteroatoms. The average Bonchev–Trinajstić information content (AvgIpc) is 2.69. The van der Waals surface area contributed by atoms with Crippen LogP contribution in [0.3, 0.4) is 0 Å². The summed E-state index contributed by atoms with van der Waals surface area (Å²) in [4.78, 5) is 11.7.